The number of carbonyl (C=O) groups is 1. The lowest BCUT2D eigenvalue weighted by Crippen LogP contribution is -2.30. The van der Waals surface area contributed by atoms with E-state index in [1.165, 1.54) is 11.1 Å². The summed E-state index contributed by atoms with van der Waals surface area (Å²) in [6.45, 7) is 9.02. The average molecular weight is 377 g/mol. The summed E-state index contributed by atoms with van der Waals surface area (Å²) in [7, 11) is 0. The molecule has 146 valence electrons. The first-order chi connectivity index (χ1) is 13.4. The van der Waals surface area contributed by atoms with Crippen LogP contribution in [0.3, 0.4) is 0 Å². The first-order valence-corrected chi connectivity index (χ1v) is 10.1. The van der Waals surface area contributed by atoms with Gasteiger partial charge in [0.1, 0.15) is 0 Å². The molecule has 2 aromatic heterocycles. The molecule has 4 rings (SSSR count). The molecular formula is C23H28N4O. The Hall–Kier alpha value is -2.69. The van der Waals surface area contributed by atoms with Crippen molar-refractivity contribution in [2.45, 2.75) is 59.4 Å². The van der Waals surface area contributed by atoms with Crippen LogP contribution in [0, 0.1) is 27.7 Å². The third-order valence-electron chi connectivity index (χ3n) is 5.91. The summed E-state index contributed by atoms with van der Waals surface area (Å²) in [6, 6.07) is 10.8. The van der Waals surface area contributed by atoms with Crippen molar-refractivity contribution in [2.24, 2.45) is 0 Å². The van der Waals surface area contributed by atoms with E-state index in [2.05, 4.69) is 53.1 Å². The molecule has 5 heteroatoms. The number of likely N-dealkylation sites (tertiary alicyclic amines) is 1. The predicted molar refractivity (Wildman–Crippen MR) is 110 cm³/mol. The van der Waals surface area contributed by atoms with Crippen LogP contribution in [0.15, 0.2) is 30.3 Å². The minimum atomic E-state index is 0.213. The Morgan fingerprint density at radius 2 is 1.89 bits per heavy atom. The van der Waals surface area contributed by atoms with Gasteiger partial charge in [0.15, 0.2) is 5.65 Å². The van der Waals surface area contributed by atoms with Crippen LogP contribution in [-0.2, 0) is 11.2 Å². The van der Waals surface area contributed by atoms with Crippen molar-refractivity contribution < 1.29 is 4.79 Å². The number of benzene rings is 1. The number of hydrogen-bond acceptors (Lipinski definition) is 3. The molecule has 1 aliphatic rings. The topological polar surface area (TPSA) is 50.5 Å². The lowest BCUT2D eigenvalue weighted by Gasteiger charge is -2.25. The molecule has 1 fully saturated rings. The van der Waals surface area contributed by atoms with E-state index in [-0.39, 0.29) is 11.9 Å². The van der Waals surface area contributed by atoms with Crippen LogP contribution in [0.4, 0.5) is 0 Å². The summed E-state index contributed by atoms with van der Waals surface area (Å²) in [4.78, 5) is 19.8. The van der Waals surface area contributed by atoms with Crippen molar-refractivity contribution in [3.05, 3.63) is 64.1 Å². The monoisotopic (exact) mass is 376 g/mol. The van der Waals surface area contributed by atoms with E-state index >= 15 is 0 Å². The number of rotatable bonds is 4. The van der Waals surface area contributed by atoms with Gasteiger partial charge in [-0.2, -0.15) is 5.10 Å². The summed E-state index contributed by atoms with van der Waals surface area (Å²) in [5, 5.41) is 4.54. The van der Waals surface area contributed by atoms with Gasteiger partial charge >= 0.3 is 0 Å². The highest BCUT2D eigenvalue weighted by atomic mass is 16.2. The van der Waals surface area contributed by atoms with Gasteiger partial charge in [-0.05, 0) is 58.1 Å². The van der Waals surface area contributed by atoms with E-state index in [9.17, 15) is 4.79 Å². The Balaban J connectivity index is 1.51. The van der Waals surface area contributed by atoms with Crippen molar-refractivity contribution in [2.75, 3.05) is 6.54 Å². The van der Waals surface area contributed by atoms with Gasteiger partial charge in [0.2, 0.25) is 5.91 Å². The van der Waals surface area contributed by atoms with E-state index in [1.807, 2.05) is 24.4 Å². The Bertz CT molecular complexity index is 1020. The van der Waals surface area contributed by atoms with Gasteiger partial charge in [-0.1, -0.05) is 29.8 Å². The van der Waals surface area contributed by atoms with Gasteiger partial charge < -0.3 is 4.90 Å². The van der Waals surface area contributed by atoms with E-state index < -0.39 is 0 Å². The fourth-order valence-electron chi connectivity index (χ4n) is 4.38. The van der Waals surface area contributed by atoms with Gasteiger partial charge in [-0.25, -0.2) is 9.50 Å². The zero-order valence-corrected chi connectivity index (χ0v) is 17.2. The molecule has 0 unspecified atom stereocenters. The second-order valence-electron chi connectivity index (χ2n) is 7.97. The van der Waals surface area contributed by atoms with Crippen molar-refractivity contribution in [3.8, 4) is 0 Å². The standard InChI is InChI=1S/C23H28N4O/c1-15-7-9-19(10-8-15)21-6-5-13-26(21)23(28)12-11-20-17(3)24-22-14-16(2)25-27(22)18(20)4/h7-10,14,21H,5-6,11-13H2,1-4H3/t21-/m0/s1. The lowest BCUT2D eigenvalue weighted by atomic mass is 10.0. The van der Waals surface area contributed by atoms with Gasteiger partial charge in [-0.15, -0.1) is 0 Å². The summed E-state index contributed by atoms with van der Waals surface area (Å²) in [5.41, 5.74) is 7.55. The van der Waals surface area contributed by atoms with Crippen LogP contribution in [0.5, 0.6) is 0 Å². The molecule has 0 aliphatic carbocycles. The van der Waals surface area contributed by atoms with E-state index in [0.29, 0.717) is 12.8 Å². The third-order valence-corrected chi connectivity index (χ3v) is 5.91. The molecule has 0 N–H and O–H groups in total. The fourth-order valence-corrected chi connectivity index (χ4v) is 4.38. The van der Waals surface area contributed by atoms with Gasteiger partial charge in [-0.3, -0.25) is 4.79 Å². The number of hydrogen-bond donors (Lipinski definition) is 0. The molecule has 0 spiro atoms. The number of carbonyl (C=O) groups excluding carboxylic acids is 1. The molecule has 5 nitrogen and oxygen atoms in total. The maximum atomic E-state index is 13.0. The Morgan fingerprint density at radius 1 is 1.14 bits per heavy atom. The highest BCUT2D eigenvalue weighted by molar-refractivity contribution is 5.77. The Kier molecular flexibility index (Phi) is 4.92. The van der Waals surface area contributed by atoms with Gasteiger partial charge in [0.05, 0.1) is 11.7 Å². The summed E-state index contributed by atoms with van der Waals surface area (Å²) >= 11 is 0. The molecule has 3 aromatic rings. The van der Waals surface area contributed by atoms with Crippen molar-refractivity contribution in [1.29, 1.82) is 0 Å². The second-order valence-corrected chi connectivity index (χ2v) is 7.97. The minimum absolute atomic E-state index is 0.213. The SMILES string of the molecule is Cc1ccc([C@@H]2CCCN2C(=O)CCc2c(C)nc3cc(C)nn3c2C)cc1. The van der Waals surface area contributed by atoms with Gasteiger partial charge in [0, 0.05) is 30.4 Å². The smallest absolute Gasteiger partial charge is 0.223 e. The molecule has 1 aromatic carbocycles. The maximum absolute atomic E-state index is 13.0. The number of fused-ring (bicyclic) bond motifs is 1. The zero-order chi connectivity index (χ0) is 19.8. The number of amides is 1. The molecule has 0 saturated carbocycles. The fraction of sp³-hybridized carbons (Fsp3) is 0.435. The highest BCUT2D eigenvalue weighted by Crippen LogP contribution is 2.32. The van der Waals surface area contributed by atoms with Crippen molar-refractivity contribution in [3.63, 3.8) is 0 Å². The van der Waals surface area contributed by atoms with Crippen LogP contribution in [0.2, 0.25) is 0 Å². The largest absolute Gasteiger partial charge is 0.336 e. The van der Waals surface area contributed by atoms with Crippen LogP contribution in [0.1, 0.15) is 59.1 Å². The van der Waals surface area contributed by atoms with E-state index in [0.717, 1.165) is 47.7 Å². The minimum Gasteiger partial charge on any atom is -0.336 e. The second kappa shape index (κ2) is 7.38. The zero-order valence-electron chi connectivity index (χ0n) is 17.2. The third kappa shape index (κ3) is 3.41. The molecule has 1 atom stereocenters. The normalized spacial score (nSPS) is 16.9. The molecule has 28 heavy (non-hydrogen) atoms. The molecule has 1 saturated heterocycles. The Labute approximate surface area is 166 Å². The van der Waals surface area contributed by atoms with E-state index in [1.54, 1.807) is 0 Å². The number of nitrogens with zero attached hydrogens (tertiary/aromatic N) is 4. The summed E-state index contributed by atoms with van der Waals surface area (Å²) in [5.74, 6) is 0.235. The average Bonchev–Trinajstić information content (AvgIpc) is 3.28. The quantitative estimate of drug-likeness (QED) is 0.684. The molecule has 1 amide bonds. The Morgan fingerprint density at radius 3 is 2.64 bits per heavy atom. The van der Waals surface area contributed by atoms with Gasteiger partial charge in [0.25, 0.3) is 0 Å². The molecule has 3 heterocycles. The van der Waals surface area contributed by atoms with Crippen LogP contribution < -0.4 is 0 Å². The van der Waals surface area contributed by atoms with Crippen LogP contribution in [-0.4, -0.2) is 31.9 Å². The first-order valence-electron chi connectivity index (χ1n) is 10.1. The predicted octanol–water partition coefficient (Wildman–Crippen LogP) is 4.26. The van der Waals surface area contributed by atoms with Crippen LogP contribution in [0.25, 0.3) is 5.65 Å². The summed E-state index contributed by atoms with van der Waals surface area (Å²) in [6.07, 6.45) is 3.34. The maximum Gasteiger partial charge on any atom is 0.223 e. The first kappa shape index (κ1) is 18.7. The van der Waals surface area contributed by atoms with Crippen LogP contribution >= 0.6 is 0 Å². The molecule has 0 bridgehead atoms. The highest BCUT2D eigenvalue weighted by Gasteiger charge is 2.29. The van der Waals surface area contributed by atoms with E-state index in [4.69, 9.17) is 0 Å². The molecule has 1 aliphatic heterocycles. The lowest BCUT2D eigenvalue weighted by molar-refractivity contribution is -0.132. The number of aromatic nitrogens is 3. The van der Waals surface area contributed by atoms with Crippen molar-refractivity contribution in [1.82, 2.24) is 19.5 Å². The molecular weight excluding hydrogens is 348 g/mol. The molecule has 0 radical (unpaired) electrons. The number of aryl methyl sites for hydroxylation is 4. The van der Waals surface area contributed by atoms with Crippen molar-refractivity contribution >= 4 is 11.6 Å². The summed E-state index contributed by atoms with van der Waals surface area (Å²) < 4.78 is 1.90.